The minimum Gasteiger partial charge on any atom is -0.353 e. The van der Waals surface area contributed by atoms with Crippen molar-refractivity contribution in [2.45, 2.75) is 26.2 Å². The van der Waals surface area contributed by atoms with E-state index in [0.29, 0.717) is 6.42 Å². The van der Waals surface area contributed by atoms with Crippen LogP contribution in [0.25, 0.3) is 22.3 Å². The lowest BCUT2D eigenvalue weighted by Gasteiger charge is -2.11. The molecular formula is C16H16N4O. The SMILES string of the molecule is CCC(=O)Nc1ccc2c3c([nH]c2c1)-c1[nH]ncc1CC3. The van der Waals surface area contributed by atoms with Gasteiger partial charge in [0.2, 0.25) is 5.91 Å². The number of nitrogens with one attached hydrogen (secondary N) is 3. The lowest BCUT2D eigenvalue weighted by molar-refractivity contribution is -0.115. The Morgan fingerprint density at radius 2 is 2.24 bits per heavy atom. The van der Waals surface area contributed by atoms with E-state index in [1.807, 2.05) is 25.3 Å². The number of anilines is 1. The summed E-state index contributed by atoms with van der Waals surface area (Å²) in [5.74, 6) is 0.0292. The number of H-pyrrole nitrogens is 2. The molecule has 2 heterocycles. The van der Waals surface area contributed by atoms with Crippen molar-refractivity contribution in [1.29, 1.82) is 0 Å². The third kappa shape index (κ3) is 1.85. The van der Waals surface area contributed by atoms with Crippen molar-refractivity contribution in [3.63, 3.8) is 0 Å². The first-order chi connectivity index (χ1) is 10.3. The van der Waals surface area contributed by atoms with Gasteiger partial charge < -0.3 is 10.3 Å². The molecule has 0 aliphatic heterocycles. The Hall–Kier alpha value is -2.56. The highest BCUT2D eigenvalue weighted by atomic mass is 16.1. The van der Waals surface area contributed by atoms with E-state index in [0.717, 1.165) is 35.4 Å². The standard InChI is InChI=1S/C16H16N4O/c1-2-14(21)18-10-4-6-11-12-5-3-9-8-17-20-15(9)16(12)19-13(11)7-10/h4,6-8,19H,2-3,5H2,1H3,(H,17,20)(H,18,21). The van der Waals surface area contributed by atoms with Crippen LogP contribution in [0, 0.1) is 0 Å². The fraction of sp³-hybridized carbons (Fsp3) is 0.250. The molecule has 3 aromatic rings. The minimum atomic E-state index is 0.0292. The van der Waals surface area contributed by atoms with Gasteiger partial charge in [-0.2, -0.15) is 5.10 Å². The van der Waals surface area contributed by atoms with Crippen molar-refractivity contribution in [3.8, 4) is 11.4 Å². The van der Waals surface area contributed by atoms with E-state index < -0.39 is 0 Å². The number of hydrogen-bond acceptors (Lipinski definition) is 2. The summed E-state index contributed by atoms with van der Waals surface area (Å²) in [6.07, 6.45) is 4.41. The molecule has 1 amide bonds. The number of carbonyl (C=O) groups excluding carboxylic acids is 1. The van der Waals surface area contributed by atoms with E-state index in [1.54, 1.807) is 0 Å². The Morgan fingerprint density at radius 3 is 3.10 bits per heavy atom. The second-order valence-electron chi connectivity index (χ2n) is 5.41. The average molecular weight is 280 g/mol. The molecule has 1 aromatic carbocycles. The Balaban J connectivity index is 1.83. The maximum atomic E-state index is 11.5. The van der Waals surface area contributed by atoms with Gasteiger partial charge in [0.05, 0.1) is 17.6 Å². The first-order valence-corrected chi connectivity index (χ1v) is 7.23. The van der Waals surface area contributed by atoms with Gasteiger partial charge >= 0.3 is 0 Å². The molecule has 5 nitrogen and oxygen atoms in total. The van der Waals surface area contributed by atoms with Gasteiger partial charge in [-0.15, -0.1) is 0 Å². The number of hydrogen-bond donors (Lipinski definition) is 3. The van der Waals surface area contributed by atoms with Crippen LogP contribution < -0.4 is 5.32 Å². The van der Waals surface area contributed by atoms with Crippen molar-refractivity contribution >= 4 is 22.5 Å². The topological polar surface area (TPSA) is 73.6 Å². The number of benzene rings is 1. The lowest BCUT2D eigenvalue weighted by atomic mass is 9.94. The number of rotatable bonds is 2. The fourth-order valence-corrected chi connectivity index (χ4v) is 3.03. The summed E-state index contributed by atoms with van der Waals surface area (Å²) >= 11 is 0. The number of amides is 1. The maximum Gasteiger partial charge on any atom is 0.224 e. The van der Waals surface area contributed by atoms with Gasteiger partial charge in [-0.3, -0.25) is 9.89 Å². The van der Waals surface area contributed by atoms with Gasteiger partial charge in [-0.1, -0.05) is 13.0 Å². The van der Waals surface area contributed by atoms with Crippen LogP contribution in [0.5, 0.6) is 0 Å². The predicted molar refractivity (Wildman–Crippen MR) is 82.2 cm³/mol. The van der Waals surface area contributed by atoms with Gasteiger partial charge in [-0.25, -0.2) is 0 Å². The van der Waals surface area contributed by atoms with E-state index in [9.17, 15) is 4.79 Å². The van der Waals surface area contributed by atoms with Crippen molar-refractivity contribution in [1.82, 2.24) is 15.2 Å². The highest BCUT2D eigenvalue weighted by Crippen LogP contribution is 2.36. The normalized spacial score (nSPS) is 13.0. The number of aromatic amines is 2. The van der Waals surface area contributed by atoms with Crippen LogP contribution in [-0.4, -0.2) is 21.1 Å². The second kappa shape index (κ2) is 4.48. The van der Waals surface area contributed by atoms with Gasteiger partial charge in [-0.05, 0) is 36.1 Å². The minimum absolute atomic E-state index is 0.0292. The Labute approximate surface area is 121 Å². The van der Waals surface area contributed by atoms with Gasteiger partial charge in [0.25, 0.3) is 0 Å². The molecule has 0 bridgehead atoms. The van der Waals surface area contributed by atoms with Crippen LogP contribution in [0.15, 0.2) is 24.4 Å². The van der Waals surface area contributed by atoms with Crippen molar-refractivity contribution < 1.29 is 4.79 Å². The fourth-order valence-electron chi connectivity index (χ4n) is 3.03. The predicted octanol–water partition coefficient (Wildman–Crippen LogP) is 3.01. The van der Waals surface area contributed by atoms with Crippen molar-refractivity contribution in [3.05, 3.63) is 35.5 Å². The third-order valence-electron chi connectivity index (χ3n) is 4.12. The molecule has 2 aromatic heterocycles. The third-order valence-corrected chi connectivity index (χ3v) is 4.12. The number of aryl methyl sites for hydroxylation is 2. The van der Waals surface area contributed by atoms with Gasteiger partial charge in [0, 0.05) is 23.0 Å². The number of aromatic nitrogens is 3. The second-order valence-corrected chi connectivity index (χ2v) is 5.41. The zero-order valence-electron chi connectivity index (χ0n) is 11.8. The molecule has 3 N–H and O–H groups in total. The highest BCUT2D eigenvalue weighted by molar-refractivity contribution is 5.97. The number of fused-ring (bicyclic) bond motifs is 5. The molecule has 1 aliphatic carbocycles. The molecule has 0 fully saturated rings. The van der Waals surface area contributed by atoms with Gasteiger partial charge in [0.15, 0.2) is 0 Å². The summed E-state index contributed by atoms with van der Waals surface area (Å²) in [5.41, 5.74) is 6.69. The summed E-state index contributed by atoms with van der Waals surface area (Å²) in [5, 5.41) is 11.3. The van der Waals surface area contributed by atoms with Crippen LogP contribution in [0.1, 0.15) is 24.5 Å². The Morgan fingerprint density at radius 1 is 1.33 bits per heavy atom. The Kier molecular flexibility index (Phi) is 2.60. The first-order valence-electron chi connectivity index (χ1n) is 7.23. The molecule has 4 rings (SSSR count). The smallest absolute Gasteiger partial charge is 0.224 e. The molecule has 21 heavy (non-hydrogen) atoms. The van der Waals surface area contributed by atoms with Crippen LogP contribution in [0.4, 0.5) is 5.69 Å². The lowest BCUT2D eigenvalue weighted by Crippen LogP contribution is -2.09. The molecule has 0 saturated carbocycles. The molecule has 0 radical (unpaired) electrons. The molecule has 5 heteroatoms. The van der Waals surface area contributed by atoms with Crippen molar-refractivity contribution in [2.75, 3.05) is 5.32 Å². The molecular weight excluding hydrogens is 264 g/mol. The number of carbonyl (C=O) groups is 1. The highest BCUT2D eigenvalue weighted by Gasteiger charge is 2.22. The van der Waals surface area contributed by atoms with E-state index in [1.165, 1.54) is 16.5 Å². The largest absolute Gasteiger partial charge is 0.353 e. The van der Waals surface area contributed by atoms with Gasteiger partial charge in [0.1, 0.15) is 0 Å². The van der Waals surface area contributed by atoms with Crippen LogP contribution in [0.2, 0.25) is 0 Å². The summed E-state index contributed by atoms with van der Waals surface area (Å²) in [7, 11) is 0. The van der Waals surface area contributed by atoms with Crippen LogP contribution in [-0.2, 0) is 17.6 Å². The molecule has 0 spiro atoms. The first kappa shape index (κ1) is 12.2. The van der Waals surface area contributed by atoms with E-state index in [2.05, 4.69) is 26.6 Å². The van der Waals surface area contributed by atoms with E-state index in [4.69, 9.17) is 0 Å². The van der Waals surface area contributed by atoms with Crippen LogP contribution >= 0.6 is 0 Å². The van der Waals surface area contributed by atoms with Crippen molar-refractivity contribution in [2.24, 2.45) is 0 Å². The summed E-state index contributed by atoms with van der Waals surface area (Å²) in [4.78, 5) is 15.0. The van der Waals surface area contributed by atoms with Crippen LogP contribution in [0.3, 0.4) is 0 Å². The zero-order valence-corrected chi connectivity index (χ0v) is 11.8. The number of nitrogens with zero attached hydrogens (tertiary/aromatic N) is 1. The summed E-state index contributed by atoms with van der Waals surface area (Å²) < 4.78 is 0. The monoisotopic (exact) mass is 280 g/mol. The quantitative estimate of drug-likeness (QED) is 0.675. The molecule has 106 valence electrons. The molecule has 1 aliphatic rings. The summed E-state index contributed by atoms with van der Waals surface area (Å²) in [6.45, 7) is 1.85. The average Bonchev–Trinajstić information content (AvgIpc) is 3.09. The Bertz CT molecular complexity index is 843. The zero-order chi connectivity index (χ0) is 14.4. The molecule has 0 atom stereocenters. The maximum absolute atomic E-state index is 11.5. The summed E-state index contributed by atoms with van der Waals surface area (Å²) in [6, 6.07) is 6.04. The molecule has 0 unspecified atom stereocenters. The molecule has 0 saturated heterocycles. The van der Waals surface area contributed by atoms with E-state index in [-0.39, 0.29) is 5.91 Å². The van der Waals surface area contributed by atoms with E-state index >= 15 is 0 Å².